The highest BCUT2D eigenvalue weighted by Crippen LogP contribution is 2.42. The van der Waals surface area contributed by atoms with Gasteiger partial charge in [-0.15, -0.1) is 0 Å². The van der Waals surface area contributed by atoms with Crippen molar-refractivity contribution >= 4 is 16.6 Å². The molecule has 3 aromatic rings. The second-order valence-electron chi connectivity index (χ2n) is 8.13. The molecule has 1 unspecified atom stereocenters. The first-order chi connectivity index (χ1) is 14.3. The third-order valence-electron chi connectivity index (χ3n) is 6.66. The normalized spacial score (nSPS) is 18.9. The number of pyridine rings is 1. The topological polar surface area (TPSA) is 28.6 Å². The fourth-order valence-corrected chi connectivity index (χ4v) is 5.02. The largest absolute Gasteiger partial charge is 0.496 e. The monoisotopic (exact) mass is 403 g/mol. The lowest BCUT2D eigenvalue weighted by Crippen LogP contribution is -2.46. The van der Waals surface area contributed by atoms with Gasteiger partial charge < -0.3 is 14.5 Å². The molecule has 0 bridgehead atoms. The molecular formula is C26H33N3O. The highest BCUT2D eigenvalue weighted by molar-refractivity contribution is 5.92. The number of hydrogen-bond donors (Lipinski definition) is 0. The van der Waals surface area contributed by atoms with E-state index in [0.29, 0.717) is 5.92 Å². The predicted octanol–water partition coefficient (Wildman–Crippen LogP) is 5.10. The van der Waals surface area contributed by atoms with E-state index in [1.807, 2.05) is 0 Å². The molecule has 5 rings (SSSR count). The summed E-state index contributed by atoms with van der Waals surface area (Å²) >= 11 is 0. The summed E-state index contributed by atoms with van der Waals surface area (Å²) in [7, 11) is 1.77. The molecule has 158 valence electrons. The molecular weight excluding hydrogens is 370 g/mol. The molecule has 0 radical (unpaired) electrons. The van der Waals surface area contributed by atoms with Crippen LogP contribution in [0.4, 0.5) is 5.82 Å². The fourth-order valence-electron chi connectivity index (χ4n) is 5.02. The highest BCUT2D eigenvalue weighted by Gasteiger charge is 2.29. The van der Waals surface area contributed by atoms with E-state index in [0.717, 1.165) is 57.1 Å². The van der Waals surface area contributed by atoms with E-state index < -0.39 is 0 Å². The Morgan fingerprint density at radius 2 is 1.83 bits per heavy atom. The zero-order valence-corrected chi connectivity index (χ0v) is 17.4. The number of fused-ring (bicyclic) bond motifs is 2. The summed E-state index contributed by atoms with van der Waals surface area (Å²) in [5.41, 5.74) is 3.94. The molecule has 2 aromatic carbocycles. The lowest BCUT2D eigenvalue weighted by Gasteiger charge is -2.35. The number of ether oxygens (including phenoxy) is 1. The van der Waals surface area contributed by atoms with Gasteiger partial charge in [-0.1, -0.05) is 50.7 Å². The van der Waals surface area contributed by atoms with Gasteiger partial charge in [-0.05, 0) is 48.0 Å². The summed E-state index contributed by atoms with van der Waals surface area (Å²) in [6, 6.07) is 17.5. The minimum Gasteiger partial charge on any atom is -0.496 e. The molecule has 4 nitrogen and oxygen atoms in total. The van der Waals surface area contributed by atoms with Crippen molar-refractivity contribution in [2.75, 3.05) is 44.7 Å². The van der Waals surface area contributed by atoms with Crippen LogP contribution in [0, 0.1) is 0 Å². The minimum absolute atomic E-state index is 0. The third kappa shape index (κ3) is 3.54. The fraction of sp³-hybridized carbons (Fsp3) is 0.423. The Bertz CT molecular complexity index is 1020. The van der Waals surface area contributed by atoms with Crippen molar-refractivity contribution in [1.82, 2.24) is 9.88 Å². The number of nitrogens with zero attached hydrogens (tertiary/aromatic N) is 3. The number of methoxy groups -OCH3 is 1. The smallest absolute Gasteiger partial charge is 0.136 e. The predicted molar refractivity (Wildman–Crippen MR) is 126 cm³/mol. The zero-order valence-electron chi connectivity index (χ0n) is 17.4. The minimum atomic E-state index is 0. The lowest BCUT2D eigenvalue weighted by molar-refractivity contribution is 0.270. The van der Waals surface area contributed by atoms with E-state index in [2.05, 4.69) is 65.3 Å². The van der Waals surface area contributed by atoms with E-state index >= 15 is 0 Å². The summed E-state index contributed by atoms with van der Waals surface area (Å²) in [6.07, 6.45) is 2.16. The molecule has 1 aliphatic heterocycles. The summed E-state index contributed by atoms with van der Waals surface area (Å²) < 4.78 is 5.62. The highest BCUT2D eigenvalue weighted by atomic mass is 16.5. The van der Waals surface area contributed by atoms with Crippen LogP contribution in [0.25, 0.3) is 10.8 Å². The first kappa shape index (κ1) is 20.7. The quantitative estimate of drug-likeness (QED) is 0.606. The Kier molecular flexibility index (Phi) is 5.96. The van der Waals surface area contributed by atoms with Crippen LogP contribution in [0.5, 0.6) is 5.75 Å². The maximum Gasteiger partial charge on any atom is 0.136 e. The van der Waals surface area contributed by atoms with Crippen molar-refractivity contribution in [2.45, 2.75) is 33.1 Å². The van der Waals surface area contributed by atoms with Gasteiger partial charge in [0.1, 0.15) is 11.6 Å². The van der Waals surface area contributed by atoms with Crippen LogP contribution in [-0.4, -0.2) is 49.7 Å². The molecule has 4 heteroatoms. The molecule has 1 aromatic heterocycles. The number of likely N-dealkylation sites (N-methyl/N-ethyl adjacent to an activating group) is 1. The Morgan fingerprint density at radius 3 is 2.60 bits per heavy atom. The zero-order chi connectivity index (χ0) is 19.8. The molecule has 2 aliphatic rings. The van der Waals surface area contributed by atoms with Crippen molar-refractivity contribution in [3.05, 3.63) is 65.4 Å². The first-order valence-electron chi connectivity index (χ1n) is 10.8. The molecule has 1 saturated heterocycles. The summed E-state index contributed by atoms with van der Waals surface area (Å²) in [5.74, 6) is 2.52. The second kappa shape index (κ2) is 8.65. The lowest BCUT2D eigenvalue weighted by atomic mass is 9.95. The standard InChI is InChI=1S/C25H29N3O.CH4/c1-3-27-13-15-28(16-14-27)25-19-8-5-4-7-18(19)17-23(26-25)21-11-12-22-20(21)9-6-10-24(22)29-2;/h4-10,17,21H,3,11-16H2,1-2H3;1H4. The third-order valence-corrected chi connectivity index (χ3v) is 6.66. The average Bonchev–Trinajstić information content (AvgIpc) is 3.23. The van der Waals surface area contributed by atoms with Crippen molar-refractivity contribution in [3.63, 3.8) is 0 Å². The van der Waals surface area contributed by atoms with E-state index in [9.17, 15) is 0 Å². The Morgan fingerprint density at radius 1 is 1.03 bits per heavy atom. The first-order valence-corrected chi connectivity index (χ1v) is 10.8. The molecule has 2 heterocycles. The van der Waals surface area contributed by atoms with E-state index in [4.69, 9.17) is 9.72 Å². The summed E-state index contributed by atoms with van der Waals surface area (Å²) in [5, 5.41) is 2.56. The van der Waals surface area contributed by atoms with Crippen molar-refractivity contribution < 1.29 is 4.74 Å². The molecule has 1 aliphatic carbocycles. The van der Waals surface area contributed by atoms with Gasteiger partial charge in [0.05, 0.1) is 12.8 Å². The molecule has 0 saturated carbocycles. The van der Waals surface area contributed by atoms with Crippen LogP contribution < -0.4 is 9.64 Å². The van der Waals surface area contributed by atoms with Crippen LogP contribution in [-0.2, 0) is 6.42 Å². The molecule has 1 fully saturated rings. The van der Waals surface area contributed by atoms with E-state index in [-0.39, 0.29) is 7.43 Å². The van der Waals surface area contributed by atoms with E-state index in [1.165, 1.54) is 27.6 Å². The van der Waals surface area contributed by atoms with Crippen LogP contribution in [0.3, 0.4) is 0 Å². The van der Waals surface area contributed by atoms with E-state index in [1.54, 1.807) is 7.11 Å². The van der Waals surface area contributed by atoms with Gasteiger partial charge in [0, 0.05) is 37.5 Å². The van der Waals surface area contributed by atoms with Gasteiger partial charge in [-0.2, -0.15) is 0 Å². The number of aromatic nitrogens is 1. The van der Waals surface area contributed by atoms with Gasteiger partial charge in [0.25, 0.3) is 0 Å². The number of piperazine rings is 1. The maximum atomic E-state index is 5.62. The number of anilines is 1. The molecule has 0 spiro atoms. The van der Waals surface area contributed by atoms with Crippen molar-refractivity contribution in [2.24, 2.45) is 0 Å². The van der Waals surface area contributed by atoms with Crippen LogP contribution >= 0.6 is 0 Å². The number of rotatable bonds is 4. The molecule has 0 amide bonds. The van der Waals surface area contributed by atoms with Gasteiger partial charge in [0.2, 0.25) is 0 Å². The Balaban J connectivity index is 0.00000218. The van der Waals surface area contributed by atoms with Crippen LogP contribution in [0.15, 0.2) is 48.5 Å². The maximum absolute atomic E-state index is 5.62. The number of benzene rings is 2. The van der Waals surface area contributed by atoms with Crippen molar-refractivity contribution in [3.8, 4) is 5.75 Å². The van der Waals surface area contributed by atoms with Crippen molar-refractivity contribution in [1.29, 1.82) is 0 Å². The SMILES string of the molecule is C.CCN1CCN(c2nc(C3CCc4c(OC)cccc43)cc3ccccc23)CC1. The van der Waals surface area contributed by atoms with Gasteiger partial charge >= 0.3 is 0 Å². The van der Waals surface area contributed by atoms with Crippen LogP contribution in [0.1, 0.15) is 43.5 Å². The molecule has 30 heavy (non-hydrogen) atoms. The Hall–Kier alpha value is -2.59. The molecule has 1 atom stereocenters. The number of hydrogen-bond acceptors (Lipinski definition) is 4. The van der Waals surface area contributed by atoms with Gasteiger partial charge in [-0.3, -0.25) is 0 Å². The molecule has 0 N–H and O–H groups in total. The second-order valence-corrected chi connectivity index (χ2v) is 8.13. The van der Waals surface area contributed by atoms with Gasteiger partial charge in [-0.25, -0.2) is 4.98 Å². The van der Waals surface area contributed by atoms with Crippen LogP contribution in [0.2, 0.25) is 0 Å². The summed E-state index contributed by atoms with van der Waals surface area (Å²) in [4.78, 5) is 10.3. The summed E-state index contributed by atoms with van der Waals surface area (Å²) in [6.45, 7) is 7.69. The Labute approximate surface area is 180 Å². The van der Waals surface area contributed by atoms with Gasteiger partial charge in [0.15, 0.2) is 0 Å². The average molecular weight is 404 g/mol.